The van der Waals surface area contributed by atoms with Crippen molar-refractivity contribution in [1.29, 1.82) is 0 Å². The molecular formula is C9H7F3N4O3. The molecule has 0 aliphatic heterocycles. The highest BCUT2D eigenvalue weighted by molar-refractivity contribution is 5.72. The first kappa shape index (κ1) is 13.1. The van der Waals surface area contributed by atoms with E-state index in [1.807, 2.05) is 0 Å². The molecule has 19 heavy (non-hydrogen) atoms. The van der Waals surface area contributed by atoms with Crippen LogP contribution in [0.5, 0.6) is 5.88 Å². The summed E-state index contributed by atoms with van der Waals surface area (Å²) < 4.78 is 43.0. The maximum Gasteiger partial charge on any atom is 0.453 e. The fraction of sp³-hybridized carbons (Fsp3) is 0.333. The largest absolute Gasteiger partial charge is 0.479 e. The highest BCUT2D eigenvalue weighted by Gasteiger charge is 2.37. The van der Waals surface area contributed by atoms with E-state index in [-0.39, 0.29) is 11.5 Å². The van der Waals surface area contributed by atoms with Gasteiger partial charge in [0.15, 0.2) is 11.8 Å². The van der Waals surface area contributed by atoms with Crippen LogP contribution in [0, 0.1) is 0 Å². The molecule has 2 heterocycles. The van der Waals surface area contributed by atoms with E-state index < -0.39 is 24.1 Å². The van der Waals surface area contributed by atoms with Gasteiger partial charge in [0, 0.05) is 6.07 Å². The lowest BCUT2D eigenvalue weighted by Crippen LogP contribution is -2.24. The van der Waals surface area contributed by atoms with Gasteiger partial charge in [-0.3, -0.25) is 0 Å². The number of rotatable bonds is 3. The molecule has 1 unspecified atom stereocenters. The summed E-state index contributed by atoms with van der Waals surface area (Å²) in [6.07, 6.45) is -5.96. The third-order valence-corrected chi connectivity index (χ3v) is 2.14. The molecule has 1 N–H and O–H groups in total. The molecule has 1 atom stereocenters. The second kappa shape index (κ2) is 4.37. The Labute approximate surface area is 103 Å². The fourth-order valence-corrected chi connectivity index (χ4v) is 1.24. The normalized spacial score (nSPS) is 13.5. The Hall–Kier alpha value is -2.39. The Morgan fingerprint density at radius 2 is 2.11 bits per heavy atom. The molecule has 2 aromatic rings. The topological polar surface area (TPSA) is 89.6 Å². The van der Waals surface area contributed by atoms with Gasteiger partial charge >= 0.3 is 12.1 Å². The van der Waals surface area contributed by atoms with Gasteiger partial charge in [0.25, 0.3) is 5.82 Å². The van der Waals surface area contributed by atoms with Crippen LogP contribution in [0.15, 0.2) is 12.1 Å². The van der Waals surface area contributed by atoms with Gasteiger partial charge in [-0.05, 0) is 13.0 Å². The lowest BCUT2D eigenvalue weighted by molar-refractivity contribution is -0.147. The predicted molar refractivity (Wildman–Crippen MR) is 53.5 cm³/mol. The zero-order valence-corrected chi connectivity index (χ0v) is 9.42. The van der Waals surface area contributed by atoms with Crippen molar-refractivity contribution in [1.82, 2.24) is 19.8 Å². The number of carbonyl (C=O) groups is 1. The number of alkyl halides is 3. The van der Waals surface area contributed by atoms with E-state index in [1.54, 1.807) is 0 Å². The van der Waals surface area contributed by atoms with Crippen LogP contribution in [0.25, 0.3) is 5.65 Å². The lowest BCUT2D eigenvalue weighted by atomic mass is 10.4. The van der Waals surface area contributed by atoms with Crippen LogP contribution < -0.4 is 4.74 Å². The van der Waals surface area contributed by atoms with Gasteiger partial charge in [0.05, 0.1) is 0 Å². The third-order valence-electron chi connectivity index (χ3n) is 2.14. The van der Waals surface area contributed by atoms with E-state index in [9.17, 15) is 18.0 Å². The molecule has 0 aliphatic carbocycles. The number of hydrogen-bond acceptors (Lipinski definition) is 5. The summed E-state index contributed by atoms with van der Waals surface area (Å²) in [5.74, 6) is -2.84. The first-order chi connectivity index (χ1) is 8.79. The van der Waals surface area contributed by atoms with Gasteiger partial charge in [0.1, 0.15) is 0 Å². The minimum absolute atomic E-state index is 0.123. The second-order valence-electron chi connectivity index (χ2n) is 3.56. The van der Waals surface area contributed by atoms with E-state index in [0.717, 1.165) is 0 Å². The first-order valence-corrected chi connectivity index (χ1v) is 4.98. The van der Waals surface area contributed by atoms with E-state index in [4.69, 9.17) is 9.84 Å². The first-order valence-electron chi connectivity index (χ1n) is 4.98. The molecule has 7 nitrogen and oxygen atoms in total. The van der Waals surface area contributed by atoms with Gasteiger partial charge in [0.2, 0.25) is 5.88 Å². The molecule has 0 radical (unpaired) electrons. The Morgan fingerprint density at radius 3 is 2.68 bits per heavy atom. The Bertz CT molecular complexity index is 625. The van der Waals surface area contributed by atoms with Crippen molar-refractivity contribution in [2.45, 2.75) is 19.2 Å². The van der Waals surface area contributed by atoms with Crippen molar-refractivity contribution >= 4 is 11.6 Å². The predicted octanol–water partition coefficient (Wildman–Crippen LogP) is 0.995. The van der Waals surface area contributed by atoms with Crippen LogP contribution in [-0.4, -0.2) is 37.0 Å². The van der Waals surface area contributed by atoms with Gasteiger partial charge in [-0.2, -0.15) is 17.7 Å². The third kappa shape index (κ3) is 2.56. The summed E-state index contributed by atoms with van der Waals surface area (Å²) in [5.41, 5.74) is -0.123. The minimum atomic E-state index is -4.72. The van der Waals surface area contributed by atoms with Gasteiger partial charge < -0.3 is 9.84 Å². The Morgan fingerprint density at radius 1 is 1.42 bits per heavy atom. The molecule has 2 rings (SSSR count). The van der Waals surface area contributed by atoms with Crippen LogP contribution >= 0.6 is 0 Å². The van der Waals surface area contributed by atoms with Gasteiger partial charge in [-0.25, -0.2) is 4.79 Å². The van der Waals surface area contributed by atoms with E-state index in [0.29, 0.717) is 4.52 Å². The van der Waals surface area contributed by atoms with Crippen molar-refractivity contribution in [2.75, 3.05) is 0 Å². The summed E-state index contributed by atoms with van der Waals surface area (Å²) >= 11 is 0. The highest BCUT2D eigenvalue weighted by Crippen LogP contribution is 2.27. The zero-order chi connectivity index (χ0) is 14.2. The summed E-state index contributed by atoms with van der Waals surface area (Å²) in [6, 6.07) is 2.41. The van der Waals surface area contributed by atoms with E-state index in [1.165, 1.54) is 19.1 Å². The number of aromatic nitrogens is 4. The number of carboxylic acid groups (broad SMARTS) is 1. The molecule has 0 saturated carbocycles. The molecule has 2 aromatic heterocycles. The maximum atomic E-state index is 12.6. The monoisotopic (exact) mass is 276 g/mol. The molecule has 0 aromatic carbocycles. The summed E-state index contributed by atoms with van der Waals surface area (Å²) in [6.45, 7) is 1.23. The zero-order valence-electron chi connectivity index (χ0n) is 9.42. The lowest BCUT2D eigenvalue weighted by Gasteiger charge is -2.09. The van der Waals surface area contributed by atoms with Crippen molar-refractivity contribution in [2.24, 2.45) is 0 Å². The minimum Gasteiger partial charge on any atom is -0.479 e. The van der Waals surface area contributed by atoms with Crippen LogP contribution in [0.1, 0.15) is 12.7 Å². The molecule has 0 saturated heterocycles. The molecule has 0 amide bonds. The van der Waals surface area contributed by atoms with E-state index >= 15 is 0 Å². The second-order valence-corrected chi connectivity index (χ2v) is 3.56. The summed E-state index contributed by atoms with van der Waals surface area (Å²) in [4.78, 5) is 10.6. The van der Waals surface area contributed by atoms with Crippen LogP contribution in [0.4, 0.5) is 13.2 Å². The number of carboxylic acids is 1. The van der Waals surface area contributed by atoms with Crippen molar-refractivity contribution in [3.8, 4) is 5.88 Å². The molecule has 0 spiro atoms. The number of aliphatic carboxylic acids is 1. The Balaban J connectivity index is 2.41. The van der Waals surface area contributed by atoms with Gasteiger partial charge in [-0.1, -0.05) is 0 Å². The number of fused-ring (bicyclic) bond motifs is 1. The quantitative estimate of drug-likeness (QED) is 0.899. The average Bonchev–Trinajstić information content (AvgIpc) is 2.71. The smallest absolute Gasteiger partial charge is 0.453 e. The van der Waals surface area contributed by atoms with Gasteiger partial charge in [-0.15, -0.1) is 15.3 Å². The molecule has 0 aliphatic rings. The SMILES string of the molecule is CC(Oc1ccc2nnc(C(F)(F)F)n2n1)C(=O)O. The standard InChI is InChI=1S/C9H7F3N4O3/c1-4(7(17)18)19-6-3-2-5-13-14-8(9(10,11)12)16(5)15-6/h2-4H,1H3,(H,17,18). The van der Waals surface area contributed by atoms with E-state index in [2.05, 4.69) is 15.3 Å². The molecule has 0 fully saturated rings. The number of ether oxygens (including phenoxy) is 1. The summed E-state index contributed by atoms with van der Waals surface area (Å²) in [7, 11) is 0. The van der Waals surface area contributed by atoms with Crippen molar-refractivity contribution in [3.63, 3.8) is 0 Å². The number of nitrogens with zero attached hydrogens (tertiary/aromatic N) is 4. The number of hydrogen-bond donors (Lipinski definition) is 1. The maximum absolute atomic E-state index is 12.6. The number of halogens is 3. The van der Waals surface area contributed by atoms with Crippen molar-refractivity contribution < 1.29 is 27.8 Å². The van der Waals surface area contributed by atoms with Crippen LogP contribution in [-0.2, 0) is 11.0 Å². The van der Waals surface area contributed by atoms with Crippen LogP contribution in [0.2, 0.25) is 0 Å². The fourth-order valence-electron chi connectivity index (χ4n) is 1.24. The Kier molecular flexibility index (Phi) is 3.00. The molecule has 102 valence electrons. The average molecular weight is 276 g/mol. The van der Waals surface area contributed by atoms with Crippen molar-refractivity contribution in [3.05, 3.63) is 18.0 Å². The highest BCUT2D eigenvalue weighted by atomic mass is 19.4. The molecule has 0 bridgehead atoms. The molecule has 10 heteroatoms. The van der Waals surface area contributed by atoms with Crippen LogP contribution in [0.3, 0.4) is 0 Å². The molecular weight excluding hydrogens is 269 g/mol. The summed E-state index contributed by atoms with van der Waals surface area (Å²) in [5, 5.41) is 18.4.